The van der Waals surface area contributed by atoms with Crippen LogP contribution >= 0.6 is 15.9 Å². The first-order valence-corrected chi connectivity index (χ1v) is 6.42. The van der Waals surface area contributed by atoms with Crippen LogP contribution in [0.25, 0.3) is 6.08 Å². The Morgan fingerprint density at radius 2 is 2.26 bits per heavy atom. The van der Waals surface area contributed by atoms with E-state index in [0.29, 0.717) is 5.82 Å². The molecule has 1 aromatic carbocycles. The van der Waals surface area contributed by atoms with Gasteiger partial charge in [0.2, 0.25) is 5.91 Å². The van der Waals surface area contributed by atoms with Crippen molar-refractivity contribution in [3.63, 3.8) is 0 Å². The second-order valence-electron chi connectivity index (χ2n) is 3.86. The van der Waals surface area contributed by atoms with E-state index in [-0.39, 0.29) is 11.9 Å². The average molecular weight is 322 g/mol. The Morgan fingerprint density at radius 1 is 1.47 bits per heavy atom. The zero-order valence-electron chi connectivity index (χ0n) is 10.2. The van der Waals surface area contributed by atoms with Crippen molar-refractivity contribution in [1.29, 1.82) is 0 Å². The monoisotopic (exact) mass is 321 g/mol. The van der Waals surface area contributed by atoms with Crippen LogP contribution in [0.5, 0.6) is 0 Å². The molecule has 2 rings (SSSR count). The minimum atomic E-state index is -0.296. The van der Waals surface area contributed by atoms with Gasteiger partial charge in [-0.05, 0) is 24.6 Å². The number of aromatic amines is 1. The number of rotatable bonds is 4. The molecule has 1 heterocycles. The lowest BCUT2D eigenvalue weighted by Crippen LogP contribution is -2.25. The molecule has 19 heavy (non-hydrogen) atoms. The Kier molecular flexibility index (Phi) is 4.40. The number of benzene rings is 1. The van der Waals surface area contributed by atoms with Crippen molar-refractivity contribution in [2.45, 2.75) is 13.0 Å². The molecule has 0 radical (unpaired) electrons. The number of nitrogens with zero attached hydrogens (tertiary/aromatic N) is 3. The summed E-state index contributed by atoms with van der Waals surface area (Å²) >= 11 is 3.41. The maximum absolute atomic E-state index is 11.7. The molecule has 0 aliphatic heterocycles. The SMILES string of the molecule is CC(NC(=O)C=Cc1ccccc1Br)c1nn[nH]n1. The lowest BCUT2D eigenvalue weighted by molar-refractivity contribution is -0.117. The van der Waals surface area contributed by atoms with E-state index in [2.05, 4.69) is 41.9 Å². The normalized spacial score (nSPS) is 12.5. The zero-order valence-corrected chi connectivity index (χ0v) is 11.8. The van der Waals surface area contributed by atoms with Crippen LogP contribution < -0.4 is 5.32 Å². The second-order valence-corrected chi connectivity index (χ2v) is 4.71. The highest BCUT2D eigenvalue weighted by Gasteiger charge is 2.11. The van der Waals surface area contributed by atoms with E-state index in [4.69, 9.17) is 0 Å². The summed E-state index contributed by atoms with van der Waals surface area (Å²) in [6, 6.07) is 7.36. The van der Waals surface area contributed by atoms with Crippen molar-refractivity contribution in [2.75, 3.05) is 0 Å². The Hall–Kier alpha value is -2.02. The number of carbonyl (C=O) groups excluding carboxylic acids is 1. The number of carbonyl (C=O) groups is 1. The Balaban J connectivity index is 1.96. The van der Waals surface area contributed by atoms with Crippen molar-refractivity contribution in [2.24, 2.45) is 0 Å². The molecule has 1 unspecified atom stereocenters. The Bertz CT molecular complexity index is 582. The third-order valence-corrected chi connectivity index (χ3v) is 3.15. The van der Waals surface area contributed by atoms with Crippen LogP contribution in [0, 0.1) is 0 Å². The van der Waals surface area contributed by atoms with E-state index < -0.39 is 0 Å². The maximum Gasteiger partial charge on any atom is 0.244 e. The lowest BCUT2D eigenvalue weighted by Gasteiger charge is -2.07. The molecule has 0 saturated carbocycles. The summed E-state index contributed by atoms with van der Waals surface area (Å²) in [5.41, 5.74) is 0.935. The summed E-state index contributed by atoms with van der Waals surface area (Å²) in [5.74, 6) is 0.232. The highest BCUT2D eigenvalue weighted by atomic mass is 79.9. The van der Waals surface area contributed by atoms with E-state index in [1.807, 2.05) is 24.3 Å². The summed E-state index contributed by atoms with van der Waals surface area (Å²) in [6.07, 6.45) is 3.21. The Labute approximate surface area is 118 Å². The van der Waals surface area contributed by atoms with Gasteiger partial charge in [-0.3, -0.25) is 4.79 Å². The molecule has 7 heteroatoms. The molecule has 98 valence electrons. The van der Waals surface area contributed by atoms with Crippen LogP contribution in [-0.4, -0.2) is 26.5 Å². The number of nitrogens with one attached hydrogen (secondary N) is 2. The van der Waals surface area contributed by atoms with E-state index in [9.17, 15) is 4.79 Å². The summed E-state index contributed by atoms with van der Waals surface area (Å²) in [5, 5.41) is 16.1. The van der Waals surface area contributed by atoms with Gasteiger partial charge in [-0.25, -0.2) is 0 Å². The number of H-pyrrole nitrogens is 1. The molecule has 2 aromatic rings. The van der Waals surface area contributed by atoms with Crippen molar-refractivity contribution >= 4 is 27.9 Å². The van der Waals surface area contributed by atoms with Gasteiger partial charge in [-0.15, -0.1) is 10.2 Å². The first-order chi connectivity index (χ1) is 9.16. The van der Waals surface area contributed by atoms with Gasteiger partial charge in [-0.1, -0.05) is 39.3 Å². The van der Waals surface area contributed by atoms with E-state index in [0.717, 1.165) is 10.0 Å². The van der Waals surface area contributed by atoms with Crippen LogP contribution in [0.4, 0.5) is 0 Å². The molecule has 2 N–H and O–H groups in total. The number of halogens is 1. The van der Waals surface area contributed by atoms with Crippen molar-refractivity contribution in [1.82, 2.24) is 25.9 Å². The number of amides is 1. The number of aromatic nitrogens is 4. The van der Waals surface area contributed by atoms with Crippen molar-refractivity contribution in [3.8, 4) is 0 Å². The molecule has 6 nitrogen and oxygen atoms in total. The van der Waals surface area contributed by atoms with E-state index >= 15 is 0 Å². The molecule has 0 fully saturated rings. The van der Waals surface area contributed by atoms with Gasteiger partial charge >= 0.3 is 0 Å². The number of tetrazole rings is 1. The van der Waals surface area contributed by atoms with Gasteiger partial charge in [0, 0.05) is 10.5 Å². The third-order valence-electron chi connectivity index (χ3n) is 2.43. The first kappa shape index (κ1) is 13.4. The van der Waals surface area contributed by atoms with E-state index in [1.54, 1.807) is 13.0 Å². The first-order valence-electron chi connectivity index (χ1n) is 5.63. The summed E-state index contributed by atoms with van der Waals surface area (Å²) < 4.78 is 0.935. The van der Waals surface area contributed by atoms with Crippen LogP contribution in [0.2, 0.25) is 0 Å². The Morgan fingerprint density at radius 3 is 2.95 bits per heavy atom. The maximum atomic E-state index is 11.7. The number of hydrogen-bond acceptors (Lipinski definition) is 4. The van der Waals surface area contributed by atoms with Gasteiger partial charge in [0.05, 0.1) is 6.04 Å². The van der Waals surface area contributed by atoms with Gasteiger partial charge < -0.3 is 5.32 Å². The fourth-order valence-electron chi connectivity index (χ4n) is 1.45. The summed E-state index contributed by atoms with van der Waals surface area (Å²) in [4.78, 5) is 11.7. The number of hydrogen-bond donors (Lipinski definition) is 2. The summed E-state index contributed by atoms with van der Waals surface area (Å²) in [7, 11) is 0. The van der Waals surface area contributed by atoms with Crippen LogP contribution in [0.1, 0.15) is 24.4 Å². The lowest BCUT2D eigenvalue weighted by atomic mass is 10.2. The molecular formula is C12H12BrN5O. The predicted octanol–water partition coefficient (Wildman–Crippen LogP) is 1.85. The molecule has 1 aromatic heterocycles. The zero-order chi connectivity index (χ0) is 13.7. The second kappa shape index (κ2) is 6.24. The molecule has 0 bridgehead atoms. The molecule has 0 saturated heterocycles. The van der Waals surface area contributed by atoms with Gasteiger partial charge in [-0.2, -0.15) is 5.21 Å². The molecule has 0 spiro atoms. The molecular weight excluding hydrogens is 310 g/mol. The molecule has 1 amide bonds. The van der Waals surface area contributed by atoms with Crippen molar-refractivity contribution < 1.29 is 4.79 Å². The molecule has 1 atom stereocenters. The molecule has 0 aliphatic rings. The topological polar surface area (TPSA) is 83.6 Å². The standard InChI is InChI=1S/C12H12BrN5O/c1-8(12-15-17-18-16-12)14-11(19)7-6-9-4-2-3-5-10(9)13/h2-8H,1H3,(H,14,19)(H,15,16,17,18). The highest BCUT2D eigenvalue weighted by molar-refractivity contribution is 9.10. The highest BCUT2D eigenvalue weighted by Crippen LogP contribution is 2.17. The minimum absolute atomic E-state index is 0.215. The quantitative estimate of drug-likeness (QED) is 0.842. The van der Waals surface area contributed by atoms with Gasteiger partial charge in [0.15, 0.2) is 5.82 Å². The minimum Gasteiger partial charge on any atom is -0.343 e. The van der Waals surface area contributed by atoms with Crippen molar-refractivity contribution in [3.05, 3.63) is 46.2 Å². The smallest absolute Gasteiger partial charge is 0.244 e. The fraction of sp³-hybridized carbons (Fsp3) is 0.167. The van der Waals surface area contributed by atoms with Gasteiger partial charge in [0.1, 0.15) is 0 Å². The van der Waals surface area contributed by atoms with Crippen LogP contribution in [0.15, 0.2) is 34.8 Å². The predicted molar refractivity (Wildman–Crippen MR) is 73.9 cm³/mol. The fourth-order valence-corrected chi connectivity index (χ4v) is 1.87. The van der Waals surface area contributed by atoms with Crippen LogP contribution in [-0.2, 0) is 4.79 Å². The van der Waals surface area contributed by atoms with E-state index in [1.165, 1.54) is 6.08 Å². The summed E-state index contributed by atoms with van der Waals surface area (Å²) in [6.45, 7) is 1.79. The molecule has 0 aliphatic carbocycles. The third kappa shape index (κ3) is 3.72. The average Bonchev–Trinajstić information content (AvgIpc) is 2.91. The van der Waals surface area contributed by atoms with Gasteiger partial charge in [0.25, 0.3) is 0 Å². The largest absolute Gasteiger partial charge is 0.343 e. The van der Waals surface area contributed by atoms with Crippen LogP contribution in [0.3, 0.4) is 0 Å².